The van der Waals surface area contributed by atoms with E-state index in [0.29, 0.717) is 17.4 Å². The standard InChI is InChI=1S/C20H20O4/c1-13(21)23-18-7-3-15(4-8-18)11-16-5-6-17-12-19(24-14(2)22)9-10-20(16)17/h3-4,7-10,12,16H,5-6,11H2,1-2H3/t16-/m1/s1. The first-order valence-corrected chi connectivity index (χ1v) is 8.10. The predicted octanol–water partition coefficient (Wildman–Crippen LogP) is 3.81. The van der Waals surface area contributed by atoms with Gasteiger partial charge in [-0.05, 0) is 66.1 Å². The van der Waals surface area contributed by atoms with Crippen LogP contribution in [0.2, 0.25) is 0 Å². The van der Waals surface area contributed by atoms with Crippen LogP contribution in [0.15, 0.2) is 42.5 Å². The Kier molecular flexibility index (Phi) is 4.65. The van der Waals surface area contributed by atoms with Crippen molar-refractivity contribution in [1.82, 2.24) is 0 Å². The Hall–Kier alpha value is -2.62. The van der Waals surface area contributed by atoms with Crippen LogP contribution in [0.25, 0.3) is 0 Å². The number of hydrogen-bond acceptors (Lipinski definition) is 4. The minimum Gasteiger partial charge on any atom is -0.427 e. The summed E-state index contributed by atoms with van der Waals surface area (Å²) in [5.41, 5.74) is 3.80. The second-order valence-electron chi connectivity index (χ2n) is 6.13. The molecule has 0 saturated heterocycles. The van der Waals surface area contributed by atoms with Gasteiger partial charge in [0.1, 0.15) is 11.5 Å². The van der Waals surface area contributed by atoms with Crippen LogP contribution in [0, 0.1) is 0 Å². The van der Waals surface area contributed by atoms with Crippen LogP contribution in [-0.2, 0) is 22.4 Å². The summed E-state index contributed by atoms with van der Waals surface area (Å²) < 4.78 is 10.2. The second kappa shape index (κ2) is 6.87. The van der Waals surface area contributed by atoms with E-state index in [4.69, 9.17) is 9.47 Å². The van der Waals surface area contributed by atoms with Gasteiger partial charge in [0.25, 0.3) is 0 Å². The first kappa shape index (κ1) is 16.2. The van der Waals surface area contributed by atoms with Gasteiger partial charge in [0.2, 0.25) is 0 Å². The first-order chi connectivity index (χ1) is 11.5. The summed E-state index contributed by atoms with van der Waals surface area (Å²) in [5, 5.41) is 0. The molecular formula is C20H20O4. The lowest BCUT2D eigenvalue weighted by Crippen LogP contribution is -2.03. The minimum atomic E-state index is -0.309. The van der Waals surface area contributed by atoms with Gasteiger partial charge in [-0.25, -0.2) is 0 Å². The van der Waals surface area contributed by atoms with E-state index < -0.39 is 0 Å². The predicted molar refractivity (Wildman–Crippen MR) is 90.3 cm³/mol. The van der Waals surface area contributed by atoms with E-state index >= 15 is 0 Å². The fraction of sp³-hybridized carbons (Fsp3) is 0.300. The summed E-state index contributed by atoms with van der Waals surface area (Å²) in [6.07, 6.45) is 3.03. The number of carbonyl (C=O) groups excluding carboxylic acids is 2. The van der Waals surface area contributed by atoms with Crippen molar-refractivity contribution in [2.24, 2.45) is 0 Å². The van der Waals surface area contributed by atoms with Gasteiger partial charge >= 0.3 is 11.9 Å². The molecule has 0 aliphatic heterocycles. The molecular weight excluding hydrogens is 304 g/mol. The lowest BCUT2D eigenvalue weighted by molar-refractivity contribution is -0.132. The maximum Gasteiger partial charge on any atom is 0.308 e. The Morgan fingerprint density at radius 2 is 1.58 bits per heavy atom. The zero-order valence-electron chi connectivity index (χ0n) is 13.9. The van der Waals surface area contributed by atoms with Crippen LogP contribution in [0.4, 0.5) is 0 Å². The Labute approximate surface area is 141 Å². The molecule has 0 aromatic heterocycles. The number of rotatable bonds is 4. The van der Waals surface area contributed by atoms with Crippen molar-refractivity contribution in [2.75, 3.05) is 0 Å². The Balaban J connectivity index is 1.70. The monoisotopic (exact) mass is 324 g/mol. The number of carbonyl (C=O) groups is 2. The van der Waals surface area contributed by atoms with Crippen LogP contribution in [0.5, 0.6) is 11.5 Å². The van der Waals surface area contributed by atoms with Crippen molar-refractivity contribution in [2.45, 2.75) is 39.0 Å². The van der Waals surface area contributed by atoms with Crippen LogP contribution in [-0.4, -0.2) is 11.9 Å². The minimum absolute atomic E-state index is 0.294. The number of esters is 2. The summed E-state index contributed by atoms with van der Waals surface area (Å²) in [6, 6.07) is 13.6. The van der Waals surface area contributed by atoms with Crippen molar-refractivity contribution in [3.63, 3.8) is 0 Å². The molecule has 1 atom stereocenters. The van der Waals surface area contributed by atoms with Gasteiger partial charge in [0, 0.05) is 13.8 Å². The first-order valence-electron chi connectivity index (χ1n) is 8.10. The zero-order chi connectivity index (χ0) is 17.1. The Morgan fingerprint density at radius 1 is 0.958 bits per heavy atom. The third kappa shape index (κ3) is 3.82. The molecule has 2 aromatic carbocycles. The van der Waals surface area contributed by atoms with E-state index in [-0.39, 0.29) is 11.9 Å². The number of ether oxygens (including phenoxy) is 2. The summed E-state index contributed by atoms with van der Waals surface area (Å²) >= 11 is 0. The summed E-state index contributed by atoms with van der Waals surface area (Å²) in [6.45, 7) is 2.81. The molecule has 0 heterocycles. The lowest BCUT2D eigenvalue weighted by Gasteiger charge is -2.13. The van der Waals surface area contributed by atoms with Gasteiger partial charge in [-0.3, -0.25) is 9.59 Å². The van der Waals surface area contributed by atoms with Crippen LogP contribution in [0.1, 0.15) is 42.9 Å². The molecule has 2 aromatic rings. The molecule has 3 rings (SSSR count). The quantitative estimate of drug-likeness (QED) is 0.634. The third-order valence-corrected chi connectivity index (χ3v) is 4.25. The fourth-order valence-electron chi connectivity index (χ4n) is 3.27. The van der Waals surface area contributed by atoms with E-state index in [1.807, 2.05) is 36.4 Å². The molecule has 1 aliphatic rings. The molecule has 0 unspecified atom stereocenters. The molecule has 0 spiro atoms. The molecule has 24 heavy (non-hydrogen) atoms. The highest BCUT2D eigenvalue weighted by atomic mass is 16.5. The van der Waals surface area contributed by atoms with Gasteiger partial charge < -0.3 is 9.47 Å². The topological polar surface area (TPSA) is 52.6 Å². The van der Waals surface area contributed by atoms with E-state index in [1.54, 1.807) is 0 Å². The van der Waals surface area contributed by atoms with Gasteiger partial charge in [0.05, 0.1) is 0 Å². The fourth-order valence-corrected chi connectivity index (χ4v) is 3.27. The lowest BCUT2D eigenvalue weighted by atomic mass is 9.93. The molecule has 4 heteroatoms. The van der Waals surface area contributed by atoms with Crippen molar-refractivity contribution in [3.8, 4) is 11.5 Å². The van der Waals surface area contributed by atoms with Crippen LogP contribution in [0.3, 0.4) is 0 Å². The van der Waals surface area contributed by atoms with E-state index in [1.165, 1.54) is 30.5 Å². The third-order valence-electron chi connectivity index (χ3n) is 4.25. The number of aryl methyl sites for hydroxylation is 1. The molecule has 1 aliphatic carbocycles. The molecule has 4 nitrogen and oxygen atoms in total. The highest BCUT2D eigenvalue weighted by Crippen LogP contribution is 2.37. The van der Waals surface area contributed by atoms with Gasteiger partial charge in [-0.15, -0.1) is 0 Å². The normalized spacial score (nSPS) is 15.7. The summed E-state index contributed by atoms with van der Waals surface area (Å²) in [7, 11) is 0. The molecule has 0 amide bonds. The van der Waals surface area contributed by atoms with Crippen molar-refractivity contribution in [3.05, 3.63) is 59.2 Å². The average Bonchev–Trinajstić information content (AvgIpc) is 2.90. The highest BCUT2D eigenvalue weighted by molar-refractivity contribution is 5.69. The molecule has 0 N–H and O–H groups in total. The van der Waals surface area contributed by atoms with Gasteiger partial charge in [-0.1, -0.05) is 18.2 Å². The maximum absolute atomic E-state index is 11.1. The van der Waals surface area contributed by atoms with E-state index in [0.717, 1.165) is 19.3 Å². The second-order valence-corrected chi connectivity index (χ2v) is 6.13. The van der Waals surface area contributed by atoms with E-state index in [9.17, 15) is 9.59 Å². The maximum atomic E-state index is 11.1. The molecule has 0 saturated carbocycles. The number of fused-ring (bicyclic) bond motifs is 1. The molecule has 0 radical (unpaired) electrons. The summed E-state index contributed by atoms with van der Waals surface area (Å²) in [5.74, 6) is 1.05. The Morgan fingerprint density at radius 3 is 2.25 bits per heavy atom. The zero-order valence-corrected chi connectivity index (χ0v) is 13.9. The molecule has 0 fully saturated rings. The highest BCUT2D eigenvalue weighted by Gasteiger charge is 2.23. The number of benzene rings is 2. The molecule has 0 bridgehead atoms. The van der Waals surface area contributed by atoms with E-state index in [2.05, 4.69) is 6.07 Å². The van der Waals surface area contributed by atoms with Gasteiger partial charge in [0.15, 0.2) is 0 Å². The van der Waals surface area contributed by atoms with Crippen LogP contribution < -0.4 is 9.47 Å². The average molecular weight is 324 g/mol. The van der Waals surface area contributed by atoms with Crippen molar-refractivity contribution < 1.29 is 19.1 Å². The number of hydrogen-bond donors (Lipinski definition) is 0. The summed E-state index contributed by atoms with van der Waals surface area (Å²) in [4.78, 5) is 22.0. The SMILES string of the molecule is CC(=O)Oc1ccc(C[C@H]2CCc3cc(OC(C)=O)ccc32)cc1. The van der Waals surface area contributed by atoms with Gasteiger partial charge in [-0.2, -0.15) is 0 Å². The molecule has 124 valence electrons. The van der Waals surface area contributed by atoms with Crippen molar-refractivity contribution >= 4 is 11.9 Å². The smallest absolute Gasteiger partial charge is 0.308 e. The Bertz CT molecular complexity index is 762. The van der Waals surface area contributed by atoms with Crippen molar-refractivity contribution in [1.29, 1.82) is 0 Å². The largest absolute Gasteiger partial charge is 0.427 e. The van der Waals surface area contributed by atoms with Crippen LogP contribution >= 0.6 is 0 Å².